The average molecular weight is 715 g/mol. The largest absolute Gasteiger partial charge is 0.493 e. The van der Waals surface area contributed by atoms with Crippen molar-refractivity contribution in [2.45, 2.75) is 26.8 Å². The molecule has 1 aliphatic heterocycles. The van der Waals surface area contributed by atoms with Gasteiger partial charge in [-0.05, 0) is 94.7 Å². The van der Waals surface area contributed by atoms with Crippen molar-refractivity contribution in [3.8, 4) is 17.2 Å². The zero-order valence-electron chi connectivity index (χ0n) is 21.7. The summed E-state index contributed by atoms with van der Waals surface area (Å²) in [7, 11) is 1.45. The molecule has 2 aromatic carbocycles. The quantitative estimate of drug-likeness (QED) is 0.138. The first-order valence-electron chi connectivity index (χ1n) is 11.9. The minimum absolute atomic E-state index is 0.190. The molecule has 1 aliphatic rings. The molecule has 39 heavy (non-hydrogen) atoms. The molecule has 1 atom stereocenters. The van der Waals surface area contributed by atoms with Crippen molar-refractivity contribution in [3.05, 3.63) is 60.8 Å². The molecule has 3 N–H and O–H groups in total. The third-order valence-electron chi connectivity index (χ3n) is 5.36. The van der Waals surface area contributed by atoms with Gasteiger partial charge in [0.05, 0.1) is 46.2 Å². The number of amides is 3. The molecular weight excluding hydrogens is 687 g/mol. The number of benzene rings is 2. The van der Waals surface area contributed by atoms with Gasteiger partial charge in [-0.3, -0.25) is 4.79 Å². The second-order valence-electron chi connectivity index (χ2n) is 8.03. The van der Waals surface area contributed by atoms with E-state index in [0.29, 0.717) is 29.4 Å². The van der Waals surface area contributed by atoms with E-state index >= 15 is 0 Å². The average Bonchev–Trinajstić information content (AvgIpc) is 2.89. The third kappa shape index (κ3) is 7.85. The first kappa shape index (κ1) is 30.2. The summed E-state index contributed by atoms with van der Waals surface area (Å²) in [5.41, 5.74) is 4.43. The minimum atomic E-state index is -0.760. The van der Waals surface area contributed by atoms with E-state index in [2.05, 4.69) is 59.7 Å². The zero-order chi connectivity index (χ0) is 28.5. The molecule has 3 rings (SSSR count). The van der Waals surface area contributed by atoms with Crippen molar-refractivity contribution in [3.63, 3.8) is 0 Å². The number of rotatable bonds is 11. The van der Waals surface area contributed by atoms with Crippen LogP contribution in [0.15, 0.2) is 51.2 Å². The third-order valence-corrected chi connectivity index (χ3v) is 6.75. The highest BCUT2D eigenvalue weighted by Gasteiger charge is 2.32. The molecule has 0 spiro atoms. The maximum Gasteiger partial charge on any atom is 0.338 e. The zero-order valence-corrected chi connectivity index (χ0v) is 25.5. The van der Waals surface area contributed by atoms with E-state index in [1.54, 1.807) is 32.0 Å². The molecule has 208 valence electrons. The lowest BCUT2D eigenvalue weighted by Crippen LogP contribution is -2.45. The van der Waals surface area contributed by atoms with Crippen molar-refractivity contribution in [2.75, 3.05) is 26.9 Å². The van der Waals surface area contributed by atoms with Gasteiger partial charge in [-0.1, -0.05) is 6.07 Å². The Bertz CT molecular complexity index is 1290. The van der Waals surface area contributed by atoms with Gasteiger partial charge in [-0.25, -0.2) is 15.0 Å². The summed E-state index contributed by atoms with van der Waals surface area (Å²) >= 11 is 5.65. The topological polar surface area (TPSA) is 137 Å². The number of halogens is 2. The maximum atomic E-state index is 12.6. The molecule has 0 radical (unpaired) electrons. The van der Waals surface area contributed by atoms with Gasteiger partial charge in [0.25, 0.3) is 5.91 Å². The fraction of sp³-hybridized carbons (Fsp3) is 0.308. The lowest BCUT2D eigenvalue weighted by atomic mass is 9.95. The summed E-state index contributed by atoms with van der Waals surface area (Å²) in [6, 6.07) is 7.39. The molecule has 13 heteroatoms. The second kappa shape index (κ2) is 14.2. The van der Waals surface area contributed by atoms with Crippen molar-refractivity contribution < 1.29 is 33.3 Å². The Morgan fingerprint density at radius 3 is 2.59 bits per heavy atom. The van der Waals surface area contributed by atoms with Gasteiger partial charge in [0.1, 0.15) is 5.75 Å². The number of allylic oxidation sites excluding steroid dienone is 1. The van der Waals surface area contributed by atoms with Crippen LogP contribution in [-0.4, -0.2) is 51.1 Å². The Balaban J connectivity index is 1.67. The highest BCUT2D eigenvalue weighted by Crippen LogP contribution is 2.35. The van der Waals surface area contributed by atoms with Crippen molar-refractivity contribution in [2.24, 2.45) is 5.10 Å². The van der Waals surface area contributed by atoms with Crippen LogP contribution < -0.4 is 30.3 Å². The summed E-state index contributed by atoms with van der Waals surface area (Å²) in [5.74, 6) is 0.330. The van der Waals surface area contributed by atoms with E-state index in [1.807, 2.05) is 19.1 Å². The predicted octanol–water partition coefficient (Wildman–Crippen LogP) is 4.18. The van der Waals surface area contributed by atoms with Crippen LogP contribution >= 0.6 is 38.5 Å². The molecular formula is C26H28BrIN4O7. The maximum absolute atomic E-state index is 12.6. The molecule has 1 heterocycles. The smallest absolute Gasteiger partial charge is 0.338 e. The van der Waals surface area contributed by atoms with Crippen molar-refractivity contribution in [1.29, 1.82) is 0 Å². The molecule has 11 nitrogen and oxygen atoms in total. The number of hydrogen-bond donors (Lipinski definition) is 3. The molecule has 0 bridgehead atoms. The van der Waals surface area contributed by atoms with Crippen molar-refractivity contribution >= 4 is 62.6 Å². The Morgan fingerprint density at radius 2 is 1.92 bits per heavy atom. The van der Waals surface area contributed by atoms with E-state index in [9.17, 15) is 14.4 Å². The van der Waals surface area contributed by atoms with Gasteiger partial charge in [0.2, 0.25) is 0 Å². The van der Waals surface area contributed by atoms with E-state index in [4.69, 9.17) is 18.9 Å². The van der Waals surface area contributed by atoms with E-state index in [0.717, 1.165) is 19.4 Å². The Kier molecular flexibility index (Phi) is 11.0. The molecule has 2 aromatic rings. The van der Waals surface area contributed by atoms with Crippen LogP contribution in [0.2, 0.25) is 0 Å². The van der Waals surface area contributed by atoms with E-state index in [1.165, 1.54) is 13.3 Å². The Labute approximate surface area is 247 Å². The molecule has 0 saturated heterocycles. The molecule has 0 fully saturated rings. The number of carbonyl (C=O) groups is 3. The second-order valence-corrected chi connectivity index (χ2v) is 10.0. The van der Waals surface area contributed by atoms with Gasteiger partial charge in [-0.15, -0.1) is 0 Å². The number of carbonyl (C=O) groups excluding carboxylic acids is 3. The fourth-order valence-corrected chi connectivity index (χ4v) is 5.47. The molecule has 3 amide bonds. The number of nitrogens with one attached hydrogen (secondary N) is 3. The highest BCUT2D eigenvalue weighted by atomic mass is 127. The van der Waals surface area contributed by atoms with Gasteiger partial charge in [-0.2, -0.15) is 5.10 Å². The normalized spacial score (nSPS) is 14.9. The number of nitrogens with zero attached hydrogens (tertiary/aromatic N) is 1. The molecule has 0 unspecified atom stereocenters. The Morgan fingerprint density at radius 1 is 1.15 bits per heavy atom. The first-order chi connectivity index (χ1) is 18.7. The number of urea groups is 1. The Hall–Kier alpha value is -3.33. The van der Waals surface area contributed by atoms with Gasteiger partial charge < -0.3 is 29.6 Å². The summed E-state index contributed by atoms with van der Waals surface area (Å²) in [6.07, 6.45) is 1.51. The number of hydrazone groups is 1. The summed E-state index contributed by atoms with van der Waals surface area (Å²) < 4.78 is 23.5. The number of methoxy groups -OCH3 is 1. The standard InChI is InChI=1S/C26H28BrIN4O7/c1-5-37-24-17(27)9-15(10-18(24)28)12-29-32-21(33)13-39-19-8-7-16(11-20(19)36-4)23-22(25(34)38-6-2)14(3)30-26(35)31-23/h7-12,23H,5-6,13H2,1-4H3,(H,32,33)(H2,30,31,35)/b29-12-/t23-/m0/s1. The summed E-state index contributed by atoms with van der Waals surface area (Å²) in [6.45, 7) is 5.65. The van der Waals surface area contributed by atoms with Crippen LogP contribution in [0.5, 0.6) is 17.2 Å². The van der Waals surface area contributed by atoms with Crippen molar-refractivity contribution in [1.82, 2.24) is 16.1 Å². The van der Waals surface area contributed by atoms with Gasteiger partial charge in [0.15, 0.2) is 18.1 Å². The van der Waals surface area contributed by atoms with Crippen LogP contribution in [0, 0.1) is 3.57 Å². The lowest BCUT2D eigenvalue weighted by molar-refractivity contribution is -0.139. The number of hydrogen-bond acceptors (Lipinski definition) is 8. The molecule has 0 saturated carbocycles. The summed E-state index contributed by atoms with van der Waals surface area (Å²) in [4.78, 5) is 37.0. The van der Waals surface area contributed by atoms with Crippen LogP contribution in [0.4, 0.5) is 4.79 Å². The van der Waals surface area contributed by atoms with Crippen LogP contribution in [0.25, 0.3) is 0 Å². The van der Waals surface area contributed by atoms with E-state index in [-0.39, 0.29) is 18.8 Å². The van der Waals surface area contributed by atoms with Gasteiger partial charge in [0, 0.05) is 5.70 Å². The predicted molar refractivity (Wildman–Crippen MR) is 156 cm³/mol. The van der Waals surface area contributed by atoms with Crippen LogP contribution in [0.3, 0.4) is 0 Å². The van der Waals surface area contributed by atoms with Crippen LogP contribution in [-0.2, 0) is 14.3 Å². The van der Waals surface area contributed by atoms with E-state index < -0.39 is 23.9 Å². The summed E-state index contributed by atoms with van der Waals surface area (Å²) in [5, 5.41) is 9.31. The highest BCUT2D eigenvalue weighted by molar-refractivity contribution is 14.1. The minimum Gasteiger partial charge on any atom is -0.493 e. The SMILES string of the molecule is CCOC(=O)C1=C(C)NC(=O)N[C@H]1c1ccc(OCC(=O)N/N=C\c2cc(Br)c(OCC)c(I)c2)c(OC)c1. The van der Waals surface area contributed by atoms with Crippen LogP contribution in [0.1, 0.15) is 37.9 Å². The first-order valence-corrected chi connectivity index (χ1v) is 13.7. The molecule has 0 aromatic heterocycles. The number of esters is 1. The van der Waals surface area contributed by atoms with Gasteiger partial charge >= 0.3 is 12.0 Å². The monoisotopic (exact) mass is 714 g/mol. The number of ether oxygens (including phenoxy) is 4. The lowest BCUT2D eigenvalue weighted by Gasteiger charge is -2.28. The molecule has 0 aliphatic carbocycles. The fourth-order valence-electron chi connectivity index (χ4n) is 3.70.